The van der Waals surface area contributed by atoms with Crippen LogP contribution in [-0.2, 0) is 16.4 Å². The third-order valence-electron chi connectivity index (χ3n) is 4.73. The summed E-state index contributed by atoms with van der Waals surface area (Å²) in [5, 5.41) is 1.19. The van der Waals surface area contributed by atoms with Crippen LogP contribution in [0.4, 0.5) is 0 Å². The molecule has 1 atom stereocenters. The maximum atomic E-state index is 13.0. The molecule has 1 unspecified atom stereocenters. The first kappa shape index (κ1) is 15.9. The molecule has 0 aliphatic carbocycles. The molecule has 0 bridgehead atoms. The molecule has 24 heavy (non-hydrogen) atoms. The summed E-state index contributed by atoms with van der Waals surface area (Å²) in [4.78, 5) is 4.31. The number of nitrogens with zero attached hydrogens (tertiary/aromatic N) is 1. The number of para-hydroxylation sites is 1. The molecule has 1 aliphatic heterocycles. The molecule has 1 fully saturated rings. The van der Waals surface area contributed by atoms with Gasteiger partial charge in [-0.25, -0.2) is 8.42 Å². The number of fused-ring (bicyclic) bond motifs is 1. The maximum absolute atomic E-state index is 13.0. The van der Waals surface area contributed by atoms with Crippen LogP contribution >= 0.6 is 11.3 Å². The third kappa shape index (κ3) is 2.68. The van der Waals surface area contributed by atoms with Crippen molar-refractivity contribution in [3.05, 3.63) is 53.0 Å². The number of hydrogen-bond donors (Lipinski definition) is 1. The third-order valence-corrected chi connectivity index (χ3v) is 8.15. The number of nitrogens with one attached hydrogen (secondary N) is 1. The van der Waals surface area contributed by atoms with Gasteiger partial charge in [0, 0.05) is 34.6 Å². The molecule has 3 aromatic rings. The summed E-state index contributed by atoms with van der Waals surface area (Å²) in [6, 6.07) is 11.8. The minimum absolute atomic E-state index is 0.0385. The number of hydrogen-bond acceptors (Lipinski definition) is 3. The standard InChI is InChI=1S/C18H20N2O2S2/c1-13-8-9-18(23-13)24(21,22)20-10-4-5-15(20)11-14-12-19-17-7-3-2-6-16(14)17/h2-3,6-9,12,15,19H,4-5,10-11H2,1H3. The van der Waals surface area contributed by atoms with Crippen molar-refractivity contribution in [2.24, 2.45) is 0 Å². The van der Waals surface area contributed by atoms with E-state index in [-0.39, 0.29) is 6.04 Å². The molecule has 1 N–H and O–H groups in total. The number of rotatable bonds is 4. The number of aromatic amines is 1. The van der Waals surface area contributed by atoms with Gasteiger partial charge in [-0.2, -0.15) is 4.31 Å². The van der Waals surface area contributed by atoms with E-state index >= 15 is 0 Å². The molecule has 1 aliphatic rings. The Labute approximate surface area is 146 Å². The normalized spacial score (nSPS) is 19.3. The number of sulfonamides is 1. The fourth-order valence-electron chi connectivity index (χ4n) is 3.55. The van der Waals surface area contributed by atoms with E-state index in [1.54, 1.807) is 10.4 Å². The van der Waals surface area contributed by atoms with Gasteiger partial charge in [0.05, 0.1) is 0 Å². The lowest BCUT2D eigenvalue weighted by atomic mass is 10.0. The summed E-state index contributed by atoms with van der Waals surface area (Å²) in [7, 11) is -3.38. The Balaban J connectivity index is 1.63. The van der Waals surface area contributed by atoms with E-state index in [4.69, 9.17) is 0 Å². The number of benzene rings is 1. The van der Waals surface area contributed by atoms with Crippen LogP contribution < -0.4 is 0 Å². The van der Waals surface area contributed by atoms with Crippen molar-refractivity contribution < 1.29 is 8.42 Å². The summed E-state index contributed by atoms with van der Waals surface area (Å²) in [5.74, 6) is 0. The Morgan fingerprint density at radius 2 is 2.08 bits per heavy atom. The van der Waals surface area contributed by atoms with Gasteiger partial charge in [-0.1, -0.05) is 18.2 Å². The van der Waals surface area contributed by atoms with Crippen molar-refractivity contribution >= 4 is 32.3 Å². The van der Waals surface area contributed by atoms with Gasteiger partial charge in [0.15, 0.2) is 0 Å². The highest BCUT2D eigenvalue weighted by Gasteiger charge is 2.36. The van der Waals surface area contributed by atoms with Crippen LogP contribution in [0.15, 0.2) is 46.8 Å². The quantitative estimate of drug-likeness (QED) is 0.766. The highest BCUT2D eigenvalue weighted by molar-refractivity contribution is 7.91. The second-order valence-corrected chi connectivity index (χ2v) is 9.75. The van der Waals surface area contributed by atoms with Crippen LogP contribution in [0.5, 0.6) is 0 Å². The first-order valence-corrected chi connectivity index (χ1v) is 10.4. The average molecular weight is 361 g/mol. The smallest absolute Gasteiger partial charge is 0.252 e. The Morgan fingerprint density at radius 3 is 2.88 bits per heavy atom. The Bertz CT molecular complexity index is 972. The topological polar surface area (TPSA) is 53.2 Å². The lowest BCUT2D eigenvalue weighted by Crippen LogP contribution is -2.36. The van der Waals surface area contributed by atoms with Crippen LogP contribution in [-0.4, -0.2) is 30.3 Å². The first-order valence-electron chi connectivity index (χ1n) is 8.19. The van der Waals surface area contributed by atoms with Crippen LogP contribution in [0.3, 0.4) is 0 Å². The van der Waals surface area contributed by atoms with Gasteiger partial charge in [-0.05, 0) is 49.9 Å². The SMILES string of the molecule is Cc1ccc(S(=O)(=O)N2CCCC2Cc2c[nH]c3ccccc23)s1. The Hall–Kier alpha value is -1.63. The molecule has 0 radical (unpaired) electrons. The van der Waals surface area contributed by atoms with E-state index in [0.29, 0.717) is 10.8 Å². The van der Waals surface area contributed by atoms with Crippen molar-refractivity contribution in [1.29, 1.82) is 0 Å². The molecule has 1 saturated heterocycles. The monoisotopic (exact) mass is 360 g/mol. The van der Waals surface area contributed by atoms with E-state index in [0.717, 1.165) is 29.7 Å². The number of thiophene rings is 1. The van der Waals surface area contributed by atoms with Crippen molar-refractivity contribution in [2.45, 2.75) is 36.4 Å². The average Bonchev–Trinajstić information content (AvgIpc) is 3.28. The number of aryl methyl sites for hydroxylation is 1. The van der Waals surface area contributed by atoms with Crippen LogP contribution in [0.1, 0.15) is 23.3 Å². The zero-order valence-electron chi connectivity index (χ0n) is 13.5. The fraction of sp³-hybridized carbons (Fsp3) is 0.333. The predicted molar refractivity (Wildman–Crippen MR) is 98.0 cm³/mol. The molecule has 2 aromatic heterocycles. The molecule has 0 amide bonds. The van der Waals surface area contributed by atoms with Gasteiger partial charge < -0.3 is 4.98 Å². The second-order valence-electron chi connectivity index (χ2n) is 6.34. The molecule has 1 aromatic carbocycles. The lowest BCUT2D eigenvalue weighted by molar-refractivity contribution is 0.387. The lowest BCUT2D eigenvalue weighted by Gasteiger charge is -2.23. The summed E-state index contributed by atoms with van der Waals surface area (Å²) in [6.45, 7) is 2.56. The predicted octanol–water partition coefficient (Wildman–Crippen LogP) is 3.93. The molecular weight excluding hydrogens is 340 g/mol. The van der Waals surface area contributed by atoms with Crippen LogP contribution in [0.25, 0.3) is 10.9 Å². The van der Waals surface area contributed by atoms with Crippen molar-refractivity contribution in [2.75, 3.05) is 6.54 Å². The summed E-state index contributed by atoms with van der Waals surface area (Å²) < 4.78 is 28.1. The molecule has 4 nitrogen and oxygen atoms in total. The summed E-state index contributed by atoms with van der Waals surface area (Å²) >= 11 is 1.36. The van der Waals surface area contributed by atoms with Crippen molar-refractivity contribution in [1.82, 2.24) is 9.29 Å². The van der Waals surface area contributed by atoms with Crippen LogP contribution in [0.2, 0.25) is 0 Å². The second kappa shape index (κ2) is 6.02. The van der Waals surface area contributed by atoms with Gasteiger partial charge in [-0.3, -0.25) is 0 Å². The van der Waals surface area contributed by atoms with Crippen LogP contribution in [0, 0.1) is 6.92 Å². The van der Waals surface area contributed by atoms with Gasteiger partial charge in [-0.15, -0.1) is 11.3 Å². The van der Waals surface area contributed by atoms with E-state index in [1.807, 2.05) is 31.3 Å². The van der Waals surface area contributed by atoms with Gasteiger partial charge in [0.1, 0.15) is 4.21 Å². The molecule has 0 spiro atoms. The van der Waals surface area contributed by atoms with Crippen molar-refractivity contribution in [3.63, 3.8) is 0 Å². The molecular formula is C18H20N2O2S2. The van der Waals surface area contributed by atoms with E-state index in [9.17, 15) is 8.42 Å². The molecule has 126 valence electrons. The summed E-state index contributed by atoms with van der Waals surface area (Å²) in [6.07, 6.45) is 4.62. The van der Waals surface area contributed by atoms with Gasteiger partial charge >= 0.3 is 0 Å². The zero-order valence-corrected chi connectivity index (χ0v) is 15.2. The fourth-order valence-corrected chi connectivity index (χ4v) is 6.66. The molecule has 6 heteroatoms. The largest absolute Gasteiger partial charge is 0.361 e. The highest BCUT2D eigenvalue weighted by atomic mass is 32.2. The molecule has 4 rings (SSSR count). The van der Waals surface area contributed by atoms with E-state index < -0.39 is 10.0 Å². The summed E-state index contributed by atoms with van der Waals surface area (Å²) in [5.41, 5.74) is 2.30. The maximum Gasteiger partial charge on any atom is 0.252 e. The highest BCUT2D eigenvalue weighted by Crippen LogP contribution is 2.32. The van der Waals surface area contributed by atoms with E-state index in [1.165, 1.54) is 22.3 Å². The molecule has 0 saturated carbocycles. The van der Waals surface area contributed by atoms with Gasteiger partial charge in [0.25, 0.3) is 10.0 Å². The van der Waals surface area contributed by atoms with E-state index in [2.05, 4.69) is 17.1 Å². The number of H-pyrrole nitrogens is 1. The van der Waals surface area contributed by atoms with Gasteiger partial charge in [0.2, 0.25) is 0 Å². The first-order chi connectivity index (χ1) is 11.6. The minimum atomic E-state index is -3.38. The minimum Gasteiger partial charge on any atom is -0.361 e. The zero-order chi connectivity index (χ0) is 16.7. The number of aromatic nitrogens is 1. The Kier molecular flexibility index (Phi) is 3.98. The molecule has 3 heterocycles. The Morgan fingerprint density at radius 1 is 1.25 bits per heavy atom. The van der Waals surface area contributed by atoms with Crippen molar-refractivity contribution in [3.8, 4) is 0 Å².